The molecule has 0 spiro atoms. The summed E-state index contributed by atoms with van der Waals surface area (Å²) < 4.78 is 0. The van der Waals surface area contributed by atoms with E-state index in [0.717, 1.165) is 12.0 Å². The summed E-state index contributed by atoms with van der Waals surface area (Å²) in [5, 5.41) is 11.7. The van der Waals surface area contributed by atoms with Gasteiger partial charge in [-0.25, -0.2) is 0 Å². The van der Waals surface area contributed by atoms with Gasteiger partial charge >= 0.3 is 0 Å². The summed E-state index contributed by atoms with van der Waals surface area (Å²) >= 11 is 0. The van der Waals surface area contributed by atoms with E-state index in [1.54, 1.807) is 24.3 Å². The Balaban J connectivity index is 2.66. The van der Waals surface area contributed by atoms with E-state index in [2.05, 4.69) is 5.32 Å². The first-order valence-corrected chi connectivity index (χ1v) is 5.18. The molecule has 0 bridgehead atoms. The monoisotopic (exact) mass is 207 g/mol. The van der Waals surface area contributed by atoms with Gasteiger partial charge in [-0.2, -0.15) is 0 Å². The first kappa shape index (κ1) is 11.7. The van der Waals surface area contributed by atoms with E-state index < -0.39 is 0 Å². The van der Waals surface area contributed by atoms with E-state index in [4.69, 9.17) is 5.11 Å². The fourth-order valence-electron chi connectivity index (χ4n) is 1.17. The minimum atomic E-state index is -0.0613. The lowest BCUT2D eigenvalue weighted by molar-refractivity contribution is 0.0939. The number of carbonyl (C=O) groups excluding carboxylic acids is 1. The van der Waals surface area contributed by atoms with Crippen LogP contribution < -0.4 is 5.32 Å². The lowest BCUT2D eigenvalue weighted by Gasteiger charge is -2.11. The molecule has 82 valence electrons. The molecule has 1 amide bonds. The molecule has 0 aliphatic carbocycles. The smallest absolute Gasteiger partial charge is 0.251 e. The van der Waals surface area contributed by atoms with Crippen molar-refractivity contribution in [1.82, 2.24) is 5.32 Å². The van der Waals surface area contributed by atoms with Crippen molar-refractivity contribution < 1.29 is 9.90 Å². The first-order valence-electron chi connectivity index (χ1n) is 5.18. The van der Waals surface area contributed by atoms with Gasteiger partial charge in [-0.15, -0.1) is 0 Å². The van der Waals surface area contributed by atoms with Crippen molar-refractivity contribution in [3.63, 3.8) is 0 Å². The van der Waals surface area contributed by atoms with Gasteiger partial charge < -0.3 is 10.4 Å². The molecule has 0 aliphatic heterocycles. The molecular weight excluding hydrogens is 190 g/mol. The summed E-state index contributed by atoms with van der Waals surface area (Å²) in [6, 6.07) is 7.15. The Morgan fingerprint density at radius 1 is 1.40 bits per heavy atom. The molecule has 0 radical (unpaired) electrons. The van der Waals surface area contributed by atoms with Crippen molar-refractivity contribution in [2.45, 2.75) is 32.9 Å². The van der Waals surface area contributed by atoms with Crippen molar-refractivity contribution in [3.05, 3.63) is 35.4 Å². The number of hydrogen-bond donors (Lipinski definition) is 2. The number of aliphatic hydroxyl groups excluding tert-OH is 1. The maximum atomic E-state index is 11.6. The predicted molar refractivity (Wildman–Crippen MR) is 59.6 cm³/mol. The van der Waals surface area contributed by atoms with Crippen LogP contribution in [0.25, 0.3) is 0 Å². The Morgan fingerprint density at radius 3 is 2.47 bits per heavy atom. The van der Waals surface area contributed by atoms with Crippen molar-refractivity contribution in [2.75, 3.05) is 0 Å². The zero-order valence-electron chi connectivity index (χ0n) is 9.16. The summed E-state index contributed by atoms with van der Waals surface area (Å²) in [5.41, 5.74) is 1.45. The highest BCUT2D eigenvalue weighted by Crippen LogP contribution is 2.04. The fraction of sp³-hybridized carbons (Fsp3) is 0.417. The topological polar surface area (TPSA) is 49.3 Å². The lowest BCUT2D eigenvalue weighted by Crippen LogP contribution is -2.31. The molecule has 0 fully saturated rings. The zero-order chi connectivity index (χ0) is 11.3. The molecule has 3 heteroatoms. The Kier molecular flexibility index (Phi) is 4.31. The van der Waals surface area contributed by atoms with Gasteiger partial charge in [-0.3, -0.25) is 4.79 Å². The second kappa shape index (κ2) is 5.51. The normalized spacial score (nSPS) is 12.2. The van der Waals surface area contributed by atoms with E-state index in [0.29, 0.717) is 5.56 Å². The second-order valence-corrected chi connectivity index (χ2v) is 3.64. The third-order valence-corrected chi connectivity index (χ3v) is 2.39. The van der Waals surface area contributed by atoms with Crippen LogP contribution in [0.15, 0.2) is 24.3 Å². The van der Waals surface area contributed by atoms with Gasteiger partial charge in [0.05, 0.1) is 6.61 Å². The van der Waals surface area contributed by atoms with Gasteiger partial charge in [-0.05, 0) is 31.0 Å². The van der Waals surface area contributed by atoms with Crippen LogP contribution in [-0.2, 0) is 6.61 Å². The first-order chi connectivity index (χ1) is 7.17. The molecule has 0 aliphatic rings. The molecular formula is C12H17NO2. The van der Waals surface area contributed by atoms with Gasteiger partial charge in [0.25, 0.3) is 5.91 Å². The summed E-state index contributed by atoms with van der Waals surface area (Å²) in [7, 11) is 0. The van der Waals surface area contributed by atoms with Crippen molar-refractivity contribution >= 4 is 5.91 Å². The average molecular weight is 207 g/mol. The minimum Gasteiger partial charge on any atom is -0.392 e. The average Bonchev–Trinajstić information content (AvgIpc) is 2.29. The highest BCUT2D eigenvalue weighted by Gasteiger charge is 2.07. The van der Waals surface area contributed by atoms with E-state index in [1.807, 2.05) is 13.8 Å². The zero-order valence-corrected chi connectivity index (χ0v) is 9.16. The number of benzene rings is 1. The van der Waals surface area contributed by atoms with Gasteiger partial charge in [0.2, 0.25) is 0 Å². The number of rotatable bonds is 4. The third-order valence-electron chi connectivity index (χ3n) is 2.39. The summed E-state index contributed by atoms with van der Waals surface area (Å²) in [6.07, 6.45) is 0.917. The van der Waals surface area contributed by atoms with Crippen molar-refractivity contribution in [1.29, 1.82) is 0 Å². The molecule has 15 heavy (non-hydrogen) atoms. The Labute approximate surface area is 90.1 Å². The second-order valence-electron chi connectivity index (χ2n) is 3.64. The van der Waals surface area contributed by atoms with Crippen molar-refractivity contribution in [2.24, 2.45) is 0 Å². The number of carbonyl (C=O) groups is 1. The van der Waals surface area contributed by atoms with Crippen LogP contribution in [0, 0.1) is 0 Å². The molecule has 1 atom stereocenters. The molecule has 0 aromatic heterocycles. The van der Waals surface area contributed by atoms with Crippen LogP contribution in [0.1, 0.15) is 36.2 Å². The SMILES string of the molecule is CCC(C)NC(=O)c1ccc(CO)cc1. The van der Waals surface area contributed by atoms with E-state index in [9.17, 15) is 4.79 Å². The molecule has 0 heterocycles. The quantitative estimate of drug-likeness (QED) is 0.789. The number of amides is 1. The summed E-state index contributed by atoms with van der Waals surface area (Å²) in [6.45, 7) is 4.01. The standard InChI is InChI=1S/C12H17NO2/c1-3-9(2)13-12(15)11-6-4-10(8-14)5-7-11/h4-7,9,14H,3,8H2,1-2H3,(H,13,15). The summed E-state index contributed by atoms with van der Waals surface area (Å²) in [4.78, 5) is 11.6. The van der Waals surface area contributed by atoms with Crippen molar-refractivity contribution in [3.8, 4) is 0 Å². The van der Waals surface area contributed by atoms with Crippen LogP contribution >= 0.6 is 0 Å². The molecule has 1 rings (SSSR count). The molecule has 1 unspecified atom stereocenters. The minimum absolute atomic E-state index is 0.00720. The number of aliphatic hydroxyl groups is 1. The highest BCUT2D eigenvalue weighted by atomic mass is 16.3. The molecule has 0 saturated carbocycles. The Hall–Kier alpha value is -1.35. The Morgan fingerprint density at radius 2 is 2.00 bits per heavy atom. The molecule has 1 aromatic rings. The van der Waals surface area contributed by atoms with Gasteiger partial charge in [-0.1, -0.05) is 19.1 Å². The van der Waals surface area contributed by atoms with Crippen LogP contribution in [-0.4, -0.2) is 17.1 Å². The van der Waals surface area contributed by atoms with Gasteiger partial charge in [0.15, 0.2) is 0 Å². The van der Waals surface area contributed by atoms with Crippen LogP contribution in [0.3, 0.4) is 0 Å². The molecule has 2 N–H and O–H groups in total. The van der Waals surface area contributed by atoms with E-state index >= 15 is 0 Å². The number of hydrogen-bond acceptors (Lipinski definition) is 2. The number of nitrogens with one attached hydrogen (secondary N) is 1. The maximum Gasteiger partial charge on any atom is 0.251 e. The lowest BCUT2D eigenvalue weighted by atomic mass is 10.1. The van der Waals surface area contributed by atoms with Crippen LogP contribution in [0.5, 0.6) is 0 Å². The molecule has 1 aromatic carbocycles. The van der Waals surface area contributed by atoms with Gasteiger partial charge in [0, 0.05) is 11.6 Å². The van der Waals surface area contributed by atoms with Crippen LogP contribution in [0.2, 0.25) is 0 Å². The predicted octanol–water partition coefficient (Wildman–Crippen LogP) is 1.71. The van der Waals surface area contributed by atoms with Gasteiger partial charge in [0.1, 0.15) is 0 Å². The van der Waals surface area contributed by atoms with E-state index in [-0.39, 0.29) is 18.6 Å². The maximum absolute atomic E-state index is 11.6. The van der Waals surface area contributed by atoms with Crippen LogP contribution in [0.4, 0.5) is 0 Å². The Bertz CT molecular complexity index is 319. The molecule has 3 nitrogen and oxygen atoms in total. The summed E-state index contributed by atoms with van der Waals surface area (Å²) in [5.74, 6) is -0.0613. The highest BCUT2D eigenvalue weighted by molar-refractivity contribution is 5.94. The largest absolute Gasteiger partial charge is 0.392 e. The van der Waals surface area contributed by atoms with E-state index in [1.165, 1.54) is 0 Å². The molecule has 0 saturated heterocycles. The fourth-order valence-corrected chi connectivity index (χ4v) is 1.17. The third kappa shape index (κ3) is 3.36.